The lowest BCUT2D eigenvalue weighted by Crippen LogP contribution is -2.15. The molecule has 2 rings (SSSR count). The van der Waals surface area contributed by atoms with Crippen LogP contribution in [0.3, 0.4) is 0 Å². The third-order valence-corrected chi connectivity index (χ3v) is 3.30. The van der Waals surface area contributed by atoms with Crippen LogP contribution >= 0.6 is 12.0 Å². The minimum atomic E-state index is 0.147. The fourth-order valence-corrected chi connectivity index (χ4v) is 2.28. The summed E-state index contributed by atoms with van der Waals surface area (Å²) in [5.74, 6) is 0.811. The first-order valence-electron chi connectivity index (χ1n) is 5.89. The van der Waals surface area contributed by atoms with Gasteiger partial charge in [-0.25, -0.2) is 0 Å². The van der Waals surface area contributed by atoms with Crippen molar-refractivity contribution in [3.63, 3.8) is 0 Å². The Kier molecular flexibility index (Phi) is 5.04. The highest BCUT2D eigenvalue weighted by molar-refractivity contribution is 7.94. The average molecular weight is 268 g/mol. The summed E-state index contributed by atoms with van der Waals surface area (Å²) in [7, 11) is 1.67. The van der Waals surface area contributed by atoms with Gasteiger partial charge in [-0.15, -0.1) is 0 Å². The van der Waals surface area contributed by atoms with Gasteiger partial charge in [0.25, 0.3) is 0 Å². The van der Waals surface area contributed by atoms with Crippen LogP contribution in [0.1, 0.15) is 23.2 Å². The fraction of sp³-hybridized carbons (Fsp3) is 0.462. The first-order chi connectivity index (χ1) is 8.81. The van der Waals surface area contributed by atoms with Crippen LogP contribution in [0.5, 0.6) is 5.75 Å². The highest BCUT2D eigenvalue weighted by Crippen LogP contribution is 2.30. The number of carbonyl (C=O) groups excluding carboxylic acids is 1. The zero-order chi connectivity index (χ0) is 12.8. The maximum absolute atomic E-state index is 11.6. The number of fused-ring (bicyclic) bond motifs is 1. The van der Waals surface area contributed by atoms with Crippen LogP contribution in [-0.4, -0.2) is 32.7 Å². The van der Waals surface area contributed by atoms with Crippen molar-refractivity contribution in [3.8, 4) is 5.75 Å². The quantitative estimate of drug-likeness (QED) is 0.586. The van der Waals surface area contributed by atoms with E-state index in [-0.39, 0.29) is 5.78 Å². The lowest BCUT2D eigenvalue weighted by atomic mass is 10.1. The van der Waals surface area contributed by atoms with Gasteiger partial charge in [-0.3, -0.25) is 4.79 Å². The lowest BCUT2D eigenvalue weighted by Gasteiger charge is -2.16. The van der Waals surface area contributed by atoms with Crippen LogP contribution in [0.15, 0.2) is 23.1 Å². The molecule has 1 aromatic carbocycles. The van der Waals surface area contributed by atoms with E-state index in [2.05, 4.69) is 0 Å². The van der Waals surface area contributed by atoms with E-state index in [9.17, 15) is 4.79 Å². The molecular formula is C13H16O4S. The Labute approximate surface area is 111 Å². The fourth-order valence-electron chi connectivity index (χ4n) is 1.66. The molecule has 0 aliphatic carbocycles. The second kappa shape index (κ2) is 6.78. The molecule has 0 N–H and O–H groups in total. The third kappa shape index (κ3) is 3.48. The van der Waals surface area contributed by atoms with Crippen molar-refractivity contribution >= 4 is 17.8 Å². The van der Waals surface area contributed by atoms with Crippen LogP contribution in [0, 0.1) is 0 Å². The van der Waals surface area contributed by atoms with Crippen LogP contribution in [0.2, 0.25) is 0 Å². The Morgan fingerprint density at radius 2 is 2.28 bits per heavy atom. The largest absolute Gasteiger partial charge is 0.492 e. The zero-order valence-corrected chi connectivity index (χ0v) is 11.1. The van der Waals surface area contributed by atoms with Gasteiger partial charge in [0.15, 0.2) is 5.78 Å². The summed E-state index contributed by atoms with van der Waals surface area (Å²) in [6.07, 6.45) is 1.33. The van der Waals surface area contributed by atoms with Gasteiger partial charge >= 0.3 is 0 Å². The molecule has 5 heteroatoms. The Hall–Kier alpha value is -1.04. The van der Waals surface area contributed by atoms with Gasteiger partial charge in [0.1, 0.15) is 5.75 Å². The van der Waals surface area contributed by atoms with Crippen molar-refractivity contribution in [1.29, 1.82) is 0 Å². The smallest absolute Gasteiger partial charge is 0.169 e. The molecule has 0 bridgehead atoms. The number of ketones is 1. The molecule has 4 nitrogen and oxygen atoms in total. The predicted octanol–water partition coefficient (Wildman–Crippen LogP) is 2.71. The topological polar surface area (TPSA) is 44.8 Å². The zero-order valence-electron chi connectivity index (χ0n) is 10.3. The number of methoxy groups -OCH3 is 1. The van der Waals surface area contributed by atoms with Crippen molar-refractivity contribution in [2.45, 2.75) is 17.7 Å². The number of carbonyl (C=O) groups is 1. The van der Waals surface area contributed by atoms with Gasteiger partial charge in [-0.2, -0.15) is 0 Å². The highest BCUT2D eigenvalue weighted by Gasteiger charge is 2.18. The van der Waals surface area contributed by atoms with Gasteiger partial charge < -0.3 is 13.7 Å². The van der Waals surface area contributed by atoms with E-state index in [1.807, 2.05) is 12.1 Å². The van der Waals surface area contributed by atoms with Gasteiger partial charge in [-0.05, 0) is 24.6 Å². The summed E-state index contributed by atoms with van der Waals surface area (Å²) in [6, 6.07) is 5.54. The van der Waals surface area contributed by atoms with E-state index in [1.165, 1.54) is 12.0 Å². The maximum atomic E-state index is 11.6. The molecule has 1 aliphatic heterocycles. The Bertz CT molecular complexity index is 419. The van der Waals surface area contributed by atoms with E-state index in [4.69, 9.17) is 13.7 Å². The second-order valence-corrected chi connectivity index (χ2v) is 4.81. The molecule has 0 aromatic heterocycles. The summed E-state index contributed by atoms with van der Waals surface area (Å²) in [4.78, 5) is 12.5. The summed E-state index contributed by atoms with van der Waals surface area (Å²) in [6.45, 7) is 1.80. The molecule has 0 spiro atoms. The van der Waals surface area contributed by atoms with E-state index in [0.29, 0.717) is 37.6 Å². The normalized spacial score (nSPS) is 14.2. The molecule has 1 heterocycles. The van der Waals surface area contributed by atoms with Crippen LogP contribution in [0.25, 0.3) is 0 Å². The molecule has 0 fully saturated rings. The van der Waals surface area contributed by atoms with Gasteiger partial charge in [0.05, 0.1) is 18.8 Å². The van der Waals surface area contributed by atoms with E-state index >= 15 is 0 Å². The molecule has 98 valence electrons. The Balaban J connectivity index is 1.88. The number of rotatable bonds is 6. The van der Waals surface area contributed by atoms with Crippen LogP contribution < -0.4 is 4.74 Å². The minimum absolute atomic E-state index is 0.147. The number of ether oxygens (including phenoxy) is 2. The van der Waals surface area contributed by atoms with Crippen molar-refractivity contribution < 1.29 is 18.5 Å². The number of Topliss-reactive ketones (excluding diaryl/α,β-unsaturated/α-hetero) is 1. The molecule has 0 saturated heterocycles. The van der Waals surface area contributed by atoms with Gasteiger partial charge in [-0.1, -0.05) is 0 Å². The summed E-state index contributed by atoms with van der Waals surface area (Å²) in [5, 5.41) is 0. The second-order valence-electron chi connectivity index (χ2n) is 3.93. The molecule has 0 amide bonds. The molecular weight excluding hydrogens is 252 g/mol. The molecule has 0 saturated carbocycles. The molecule has 1 aromatic rings. The van der Waals surface area contributed by atoms with Crippen LogP contribution in [0.4, 0.5) is 0 Å². The van der Waals surface area contributed by atoms with Crippen LogP contribution in [-0.2, 0) is 8.92 Å². The van der Waals surface area contributed by atoms with E-state index in [0.717, 1.165) is 11.3 Å². The monoisotopic (exact) mass is 268 g/mol. The molecule has 0 radical (unpaired) electrons. The van der Waals surface area contributed by atoms with Crippen molar-refractivity contribution in [2.24, 2.45) is 0 Å². The maximum Gasteiger partial charge on any atom is 0.169 e. The highest BCUT2D eigenvalue weighted by atomic mass is 32.2. The molecule has 1 aliphatic rings. The van der Waals surface area contributed by atoms with E-state index < -0.39 is 0 Å². The number of hydrogen-bond acceptors (Lipinski definition) is 5. The van der Waals surface area contributed by atoms with E-state index in [1.54, 1.807) is 13.2 Å². The van der Waals surface area contributed by atoms with Gasteiger partial charge in [0.2, 0.25) is 0 Å². The summed E-state index contributed by atoms with van der Waals surface area (Å²) in [5.41, 5.74) is 0.671. The van der Waals surface area contributed by atoms with Crippen molar-refractivity contribution in [3.05, 3.63) is 23.8 Å². The number of benzene rings is 1. The molecule has 18 heavy (non-hydrogen) atoms. The Morgan fingerprint density at radius 1 is 1.39 bits per heavy atom. The molecule has 0 unspecified atom stereocenters. The lowest BCUT2D eigenvalue weighted by molar-refractivity contribution is 0.0933. The van der Waals surface area contributed by atoms with Gasteiger partial charge in [0, 0.05) is 37.1 Å². The first-order valence-corrected chi connectivity index (χ1v) is 6.64. The first kappa shape index (κ1) is 13.4. The van der Waals surface area contributed by atoms with Crippen molar-refractivity contribution in [2.75, 3.05) is 26.9 Å². The summed E-state index contributed by atoms with van der Waals surface area (Å²) < 4.78 is 15.8. The average Bonchev–Trinajstić information content (AvgIpc) is 2.39. The predicted molar refractivity (Wildman–Crippen MR) is 69.2 cm³/mol. The Morgan fingerprint density at radius 3 is 3.11 bits per heavy atom. The summed E-state index contributed by atoms with van der Waals surface area (Å²) >= 11 is 1.30. The van der Waals surface area contributed by atoms with Crippen molar-refractivity contribution in [1.82, 2.24) is 0 Å². The molecule has 0 atom stereocenters. The minimum Gasteiger partial charge on any atom is -0.492 e. The number of hydrogen-bond donors (Lipinski definition) is 0. The standard InChI is InChI=1S/C13H16O4S/c1-15-6-2-7-17-18-10-3-4-11-12(14)5-8-16-13(11)9-10/h3-4,9H,2,5-8H2,1H3. The third-order valence-electron chi connectivity index (χ3n) is 2.57. The SMILES string of the molecule is COCCCOSc1ccc2c(c1)OCCC2=O.